The molecule has 5 rings (SSSR count). The molecule has 0 radical (unpaired) electrons. The Morgan fingerprint density at radius 2 is 1.29 bits per heavy atom. The largest absolute Gasteiger partial charge is 0.495 e. The highest BCUT2D eigenvalue weighted by molar-refractivity contribution is 7.89. The second-order valence-electron chi connectivity index (χ2n) is 10.1. The van der Waals surface area contributed by atoms with Crippen LogP contribution in [0.1, 0.15) is 16.7 Å². The molecule has 0 saturated carbocycles. The maximum Gasteiger partial charge on any atom is 0.243 e. The average molecular weight is 602 g/mol. The van der Waals surface area contributed by atoms with E-state index in [0.29, 0.717) is 59.4 Å². The number of anilines is 1. The number of sulfonamides is 2. The fraction of sp³-hybridized carbons (Fsp3) is 0.379. The molecule has 1 saturated heterocycles. The minimum absolute atomic E-state index is 0.159. The predicted octanol–water partition coefficient (Wildman–Crippen LogP) is 3.28. The van der Waals surface area contributed by atoms with Crippen LogP contribution in [0.25, 0.3) is 0 Å². The molecule has 2 aliphatic rings. The summed E-state index contributed by atoms with van der Waals surface area (Å²) in [4.78, 5) is 2.44. The number of piperazine rings is 1. The van der Waals surface area contributed by atoms with Crippen LogP contribution in [-0.4, -0.2) is 79.5 Å². The molecule has 0 bridgehead atoms. The lowest BCUT2D eigenvalue weighted by atomic mass is 10.0. The van der Waals surface area contributed by atoms with E-state index in [-0.39, 0.29) is 24.5 Å². The van der Waals surface area contributed by atoms with Gasteiger partial charge in [0.15, 0.2) is 11.5 Å². The number of aryl methyl sites for hydroxylation is 1. The van der Waals surface area contributed by atoms with Crippen molar-refractivity contribution in [2.24, 2.45) is 0 Å². The molecule has 220 valence electrons. The Morgan fingerprint density at radius 3 is 1.93 bits per heavy atom. The van der Waals surface area contributed by atoms with E-state index >= 15 is 0 Å². The average Bonchev–Trinajstić information content (AvgIpc) is 2.99. The van der Waals surface area contributed by atoms with Gasteiger partial charge in [0, 0.05) is 39.3 Å². The highest BCUT2D eigenvalue weighted by Gasteiger charge is 2.33. The van der Waals surface area contributed by atoms with Crippen molar-refractivity contribution in [3.8, 4) is 17.2 Å². The molecular weight excluding hydrogens is 566 g/mol. The Kier molecular flexibility index (Phi) is 8.20. The van der Waals surface area contributed by atoms with Crippen molar-refractivity contribution in [1.29, 1.82) is 0 Å². The third-order valence-electron chi connectivity index (χ3n) is 7.76. The van der Waals surface area contributed by atoms with Gasteiger partial charge in [-0.1, -0.05) is 18.2 Å². The summed E-state index contributed by atoms with van der Waals surface area (Å²) in [7, 11) is -2.80. The van der Waals surface area contributed by atoms with E-state index in [4.69, 9.17) is 14.2 Å². The monoisotopic (exact) mass is 601 g/mol. The maximum atomic E-state index is 13.8. The van der Waals surface area contributed by atoms with Crippen LogP contribution in [-0.2, 0) is 33.0 Å². The Bertz CT molecular complexity index is 1650. The number of hydrogen-bond acceptors (Lipinski definition) is 8. The summed E-state index contributed by atoms with van der Waals surface area (Å²) in [6, 6.07) is 15.5. The van der Waals surface area contributed by atoms with E-state index in [2.05, 4.69) is 0 Å². The summed E-state index contributed by atoms with van der Waals surface area (Å²) in [5.74, 6) is 1.70. The molecule has 3 aromatic carbocycles. The molecule has 0 spiro atoms. The SMILES string of the molecule is COc1cc2c(cc1OC)CN(S(=O)(=O)c1ccc(OC)c(N3CCN(S(=O)(=O)c4ccccc4C)CC3)c1)CC2. The smallest absolute Gasteiger partial charge is 0.243 e. The third-order valence-corrected chi connectivity index (χ3v) is 11.7. The number of rotatable bonds is 8. The molecule has 41 heavy (non-hydrogen) atoms. The van der Waals surface area contributed by atoms with E-state index in [1.54, 1.807) is 57.5 Å². The Balaban J connectivity index is 1.37. The summed E-state index contributed by atoms with van der Waals surface area (Å²) in [6.07, 6.45) is 0.551. The van der Waals surface area contributed by atoms with Gasteiger partial charge in [-0.3, -0.25) is 0 Å². The zero-order valence-electron chi connectivity index (χ0n) is 23.7. The van der Waals surface area contributed by atoms with E-state index in [9.17, 15) is 16.8 Å². The van der Waals surface area contributed by atoms with Gasteiger partial charge in [-0.25, -0.2) is 16.8 Å². The van der Waals surface area contributed by atoms with Crippen molar-refractivity contribution < 1.29 is 31.0 Å². The fourth-order valence-corrected chi connectivity index (χ4v) is 8.53. The summed E-state index contributed by atoms with van der Waals surface area (Å²) < 4.78 is 73.5. The first-order valence-corrected chi connectivity index (χ1v) is 16.2. The minimum atomic E-state index is -3.83. The van der Waals surface area contributed by atoms with Gasteiger partial charge in [0.1, 0.15) is 5.75 Å². The van der Waals surface area contributed by atoms with Crippen molar-refractivity contribution in [2.75, 3.05) is 59.0 Å². The zero-order valence-corrected chi connectivity index (χ0v) is 25.3. The second kappa shape index (κ2) is 11.5. The van der Waals surface area contributed by atoms with Crippen LogP contribution in [0.15, 0.2) is 64.4 Å². The maximum absolute atomic E-state index is 13.8. The van der Waals surface area contributed by atoms with Crippen molar-refractivity contribution >= 4 is 25.7 Å². The van der Waals surface area contributed by atoms with Gasteiger partial charge in [-0.15, -0.1) is 0 Å². The fourth-order valence-electron chi connectivity index (χ4n) is 5.44. The highest BCUT2D eigenvalue weighted by atomic mass is 32.2. The second-order valence-corrected chi connectivity index (χ2v) is 13.9. The van der Waals surface area contributed by atoms with Crippen LogP contribution in [0.3, 0.4) is 0 Å². The normalized spacial score (nSPS) is 16.7. The summed E-state index contributed by atoms with van der Waals surface area (Å²) in [6.45, 7) is 3.66. The molecule has 0 amide bonds. The molecule has 1 fully saturated rings. The van der Waals surface area contributed by atoms with Gasteiger partial charge in [-0.2, -0.15) is 8.61 Å². The summed E-state index contributed by atoms with van der Waals surface area (Å²) in [5, 5.41) is 0. The van der Waals surface area contributed by atoms with E-state index in [0.717, 1.165) is 11.1 Å². The topological polar surface area (TPSA) is 106 Å². The highest BCUT2D eigenvalue weighted by Crippen LogP contribution is 2.37. The quantitative estimate of drug-likeness (QED) is 0.388. The molecule has 0 atom stereocenters. The minimum Gasteiger partial charge on any atom is -0.495 e. The molecule has 0 unspecified atom stereocenters. The Hall–Kier alpha value is -3.32. The van der Waals surface area contributed by atoms with E-state index < -0.39 is 20.0 Å². The molecule has 0 aliphatic carbocycles. The number of methoxy groups -OCH3 is 3. The summed E-state index contributed by atoms with van der Waals surface area (Å²) in [5.41, 5.74) is 3.22. The first kappa shape index (κ1) is 29.2. The molecule has 10 nitrogen and oxygen atoms in total. The van der Waals surface area contributed by atoms with Gasteiger partial charge in [0.25, 0.3) is 0 Å². The Morgan fingerprint density at radius 1 is 0.659 bits per heavy atom. The van der Waals surface area contributed by atoms with Crippen LogP contribution in [0.5, 0.6) is 17.2 Å². The molecule has 12 heteroatoms. The summed E-state index contributed by atoms with van der Waals surface area (Å²) >= 11 is 0. The first-order chi connectivity index (χ1) is 19.6. The first-order valence-electron chi connectivity index (χ1n) is 13.3. The molecule has 2 aliphatic heterocycles. The van der Waals surface area contributed by atoms with Crippen LogP contribution >= 0.6 is 0 Å². The standard InChI is InChI=1S/C29H35N3O7S2/c1-21-7-5-6-8-29(21)41(35,36)31-15-13-30(14-16-31)25-19-24(9-10-26(25)37-2)40(33,34)32-12-11-22-17-27(38-3)28(39-4)18-23(22)20-32/h5-10,17-19H,11-16,20H2,1-4H3. The number of nitrogens with zero attached hydrogens (tertiary/aromatic N) is 3. The molecular formula is C29H35N3O7S2. The van der Waals surface area contributed by atoms with Gasteiger partial charge in [0.2, 0.25) is 20.0 Å². The van der Waals surface area contributed by atoms with Crippen LogP contribution in [0.4, 0.5) is 5.69 Å². The van der Waals surface area contributed by atoms with Crippen LogP contribution in [0.2, 0.25) is 0 Å². The number of hydrogen-bond donors (Lipinski definition) is 0. The van der Waals surface area contributed by atoms with Gasteiger partial charge >= 0.3 is 0 Å². The zero-order chi connectivity index (χ0) is 29.4. The van der Waals surface area contributed by atoms with E-state index in [1.807, 2.05) is 23.1 Å². The lowest BCUT2D eigenvalue weighted by Crippen LogP contribution is -2.49. The van der Waals surface area contributed by atoms with Gasteiger partial charge in [-0.05, 0) is 66.4 Å². The number of ether oxygens (including phenoxy) is 3. The van der Waals surface area contributed by atoms with Crippen LogP contribution in [0, 0.1) is 6.92 Å². The van der Waals surface area contributed by atoms with Crippen molar-refractivity contribution in [1.82, 2.24) is 8.61 Å². The van der Waals surface area contributed by atoms with Crippen molar-refractivity contribution in [3.05, 3.63) is 71.3 Å². The van der Waals surface area contributed by atoms with E-state index in [1.165, 1.54) is 15.7 Å². The predicted molar refractivity (Wildman–Crippen MR) is 156 cm³/mol. The molecule has 3 aromatic rings. The molecule has 2 heterocycles. The molecule has 0 N–H and O–H groups in total. The van der Waals surface area contributed by atoms with Crippen molar-refractivity contribution in [3.63, 3.8) is 0 Å². The number of fused-ring (bicyclic) bond motifs is 1. The van der Waals surface area contributed by atoms with Crippen molar-refractivity contribution in [2.45, 2.75) is 29.7 Å². The van der Waals surface area contributed by atoms with Crippen LogP contribution < -0.4 is 19.1 Å². The lowest BCUT2D eigenvalue weighted by molar-refractivity contribution is 0.348. The van der Waals surface area contributed by atoms with Gasteiger partial charge < -0.3 is 19.1 Å². The third kappa shape index (κ3) is 5.49. The lowest BCUT2D eigenvalue weighted by Gasteiger charge is -2.36. The Labute approximate surface area is 242 Å². The van der Waals surface area contributed by atoms with Gasteiger partial charge in [0.05, 0.1) is 36.8 Å². The number of benzene rings is 3. The molecule has 0 aromatic heterocycles.